The molecule has 0 N–H and O–H groups in total. The van der Waals surface area contributed by atoms with Crippen molar-refractivity contribution < 1.29 is 22.6 Å². The highest BCUT2D eigenvalue weighted by molar-refractivity contribution is 7.89. The molecular weight excluding hydrogens is 434 g/mol. The molecular formula is C21H27N5O5S. The number of benzene rings is 1. The highest BCUT2D eigenvalue weighted by Crippen LogP contribution is 2.33. The van der Waals surface area contributed by atoms with Gasteiger partial charge in [0.1, 0.15) is 5.82 Å². The van der Waals surface area contributed by atoms with E-state index in [4.69, 9.17) is 19.2 Å². The molecule has 5 rings (SSSR count). The third-order valence-corrected chi connectivity index (χ3v) is 7.74. The molecule has 2 aromatic rings. The van der Waals surface area contributed by atoms with Gasteiger partial charge in [-0.3, -0.25) is 0 Å². The number of hydrogen-bond donors (Lipinski definition) is 0. The van der Waals surface area contributed by atoms with Crippen LogP contribution < -0.4 is 19.3 Å². The Kier molecular flexibility index (Phi) is 6.03. The topological polar surface area (TPSA) is 97.3 Å². The van der Waals surface area contributed by atoms with E-state index in [1.807, 2.05) is 6.07 Å². The lowest BCUT2D eigenvalue weighted by Gasteiger charge is -2.35. The zero-order valence-electron chi connectivity index (χ0n) is 17.9. The molecule has 172 valence electrons. The third kappa shape index (κ3) is 4.32. The van der Waals surface area contributed by atoms with Crippen molar-refractivity contribution in [3.8, 4) is 11.5 Å². The fraction of sp³-hybridized carbons (Fsp3) is 0.524. The van der Waals surface area contributed by atoms with Gasteiger partial charge in [-0.15, -0.1) is 0 Å². The number of ether oxygens (including phenoxy) is 3. The summed E-state index contributed by atoms with van der Waals surface area (Å²) in [5.41, 5.74) is 0. The summed E-state index contributed by atoms with van der Waals surface area (Å²) in [4.78, 5) is 13.5. The number of aromatic nitrogens is 2. The molecule has 2 saturated heterocycles. The molecule has 1 aromatic carbocycles. The van der Waals surface area contributed by atoms with Crippen molar-refractivity contribution in [2.75, 3.05) is 75.5 Å². The maximum absolute atomic E-state index is 13.2. The van der Waals surface area contributed by atoms with E-state index in [-0.39, 0.29) is 4.90 Å². The average Bonchev–Trinajstić information content (AvgIpc) is 3.10. The predicted molar refractivity (Wildman–Crippen MR) is 118 cm³/mol. The molecule has 0 spiro atoms. The second kappa shape index (κ2) is 9.08. The molecule has 0 amide bonds. The number of morpholine rings is 1. The van der Waals surface area contributed by atoms with Crippen LogP contribution >= 0.6 is 0 Å². The Balaban J connectivity index is 1.27. The van der Waals surface area contributed by atoms with Crippen LogP contribution in [0.3, 0.4) is 0 Å². The summed E-state index contributed by atoms with van der Waals surface area (Å²) in [7, 11) is -3.62. The van der Waals surface area contributed by atoms with Gasteiger partial charge in [-0.05, 0) is 18.2 Å². The second-order valence-electron chi connectivity index (χ2n) is 7.86. The van der Waals surface area contributed by atoms with Crippen molar-refractivity contribution in [2.24, 2.45) is 0 Å². The fourth-order valence-electron chi connectivity index (χ4n) is 4.04. The number of hydrogen-bond acceptors (Lipinski definition) is 9. The highest BCUT2D eigenvalue weighted by Gasteiger charge is 2.30. The number of sulfonamides is 1. The van der Waals surface area contributed by atoms with Gasteiger partial charge in [-0.2, -0.15) is 9.29 Å². The largest absolute Gasteiger partial charge is 0.490 e. The maximum atomic E-state index is 13.2. The Hall–Kier alpha value is -2.63. The summed E-state index contributed by atoms with van der Waals surface area (Å²) in [5.74, 6) is 2.58. The zero-order valence-corrected chi connectivity index (χ0v) is 18.7. The van der Waals surface area contributed by atoms with E-state index in [9.17, 15) is 8.42 Å². The molecule has 10 nitrogen and oxygen atoms in total. The number of rotatable bonds is 4. The van der Waals surface area contributed by atoms with Crippen LogP contribution in [0.15, 0.2) is 35.4 Å². The molecule has 4 heterocycles. The van der Waals surface area contributed by atoms with Crippen LogP contribution in [0.4, 0.5) is 11.8 Å². The molecule has 0 atom stereocenters. The first kappa shape index (κ1) is 21.2. The molecule has 32 heavy (non-hydrogen) atoms. The van der Waals surface area contributed by atoms with E-state index in [1.165, 1.54) is 4.31 Å². The summed E-state index contributed by atoms with van der Waals surface area (Å²) in [6.45, 7) is 5.84. The van der Waals surface area contributed by atoms with Gasteiger partial charge < -0.3 is 24.0 Å². The molecule has 1 aromatic heterocycles. The first-order valence-corrected chi connectivity index (χ1v) is 12.4. The number of piperazine rings is 1. The molecule has 0 bridgehead atoms. The van der Waals surface area contributed by atoms with Gasteiger partial charge in [0.15, 0.2) is 11.5 Å². The summed E-state index contributed by atoms with van der Waals surface area (Å²) in [6.07, 6.45) is 2.53. The second-order valence-corrected chi connectivity index (χ2v) is 9.80. The van der Waals surface area contributed by atoms with Gasteiger partial charge in [0.2, 0.25) is 16.0 Å². The van der Waals surface area contributed by atoms with E-state index in [0.29, 0.717) is 70.1 Å². The summed E-state index contributed by atoms with van der Waals surface area (Å²) >= 11 is 0. The third-order valence-electron chi connectivity index (χ3n) is 5.84. The average molecular weight is 462 g/mol. The van der Waals surface area contributed by atoms with Crippen LogP contribution in [-0.4, -0.2) is 88.4 Å². The normalized spacial score (nSPS) is 20.1. The van der Waals surface area contributed by atoms with Gasteiger partial charge in [0, 0.05) is 58.0 Å². The van der Waals surface area contributed by atoms with Gasteiger partial charge in [0.25, 0.3) is 0 Å². The highest BCUT2D eigenvalue weighted by atomic mass is 32.2. The van der Waals surface area contributed by atoms with E-state index in [0.717, 1.165) is 25.3 Å². The Morgan fingerprint density at radius 1 is 0.812 bits per heavy atom. The van der Waals surface area contributed by atoms with Gasteiger partial charge in [-0.1, -0.05) is 0 Å². The lowest BCUT2D eigenvalue weighted by atomic mass is 10.3. The quantitative estimate of drug-likeness (QED) is 0.660. The Labute approximate surface area is 187 Å². The van der Waals surface area contributed by atoms with Crippen LogP contribution in [0, 0.1) is 0 Å². The van der Waals surface area contributed by atoms with Gasteiger partial charge in [0.05, 0.1) is 31.3 Å². The van der Waals surface area contributed by atoms with Crippen molar-refractivity contribution in [1.82, 2.24) is 14.3 Å². The van der Waals surface area contributed by atoms with Gasteiger partial charge in [-0.25, -0.2) is 13.4 Å². The van der Waals surface area contributed by atoms with Crippen LogP contribution in [0.5, 0.6) is 11.5 Å². The number of fused-ring (bicyclic) bond motifs is 1. The number of anilines is 2. The summed E-state index contributed by atoms with van der Waals surface area (Å²) in [6, 6.07) is 6.71. The first-order valence-electron chi connectivity index (χ1n) is 10.9. The van der Waals surface area contributed by atoms with Crippen molar-refractivity contribution in [3.63, 3.8) is 0 Å². The maximum Gasteiger partial charge on any atom is 0.243 e. The Morgan fingerprint density at radius 2 is 1.56 bits per heavy atom. The predicted octanol–water partition coefficient (Wildman–Crippen LogP) is 0.985. The van der Waals surface area contributed by atoms with Crippen molar-refractivity contribution in [3.05, 3.63) is 30.5 Å². The van der Waals surface area contributed by atoms with Crippen LogP contribution in [0.2, 0.25) is 0 Å². The minimum atomic E-state index is -3.62. The van der Waals surface area contributed by atoms with E-state index >= 15 is 0 Å². The minimum absolute atomic E-state index is 0.229. The van der Waals surface area contributed by atoms with E-state index in [1.54, 1.807) is 24.4 Å². The number of nitrogens with zero attached hydrogens (tertiary/aromatic N) is 5. The smallest absolute Gasteiger partial charge is 0.243 e. The molecule has 0 radical (unpaired) electrons. The summed E-state index contributed by atoms with van der Waals surface area (Å²) in [5, 5.41) is 0. The summed E-state index contributed by atoms with van der Waals surface area (Å²) < 4.78 is 44.7. The Bertz CT molecular complexity index is 1050. The molecule has 3 aliphatic heterocycles. The minimum Gasteiger partial charge on any atom is -0.490 e. The molecule has 3 aliphatic rings. The lowest BCUT2D eigenvalue weighted by molar-refractivity contribution is 0.122. The molecule has 0 saturated carbocycles. The lowest BCUT2D eigenvalue weighted by Crippen LogP contribution is -2.49. The monoisotopic (exact) mass is 461 g/mol. The van der Waals surface area contributed by atoms with Crippen LogP contribution in [0.1, 0.15) is 6.42 Å². The zero-order chi connectivity index (χ0) is 22.0. The molecule has 2 fully saturated rings. The van der Waals surface area contributed by atoms with E-state index < -0.39 is 10.0 Å². The van der Waals surface area contributed by atoms with Crippen molar-refractivity contribution in [1.29, 1.82) is 0 Å². The Morgan fingerprint density at radius 3 is 2.34 bits per heavy atom. The van der Waals surface area contributed by atoms with Crippen molar-refractivity contribution in [2.45, 2.75) is 11.3 Å². The SMILES string of the molecule is O=S(=O)(c1ccc2c(c1)OCCCO2)N1CCN(c2ccnc(N3CCOCC3)n2)CC1. The van der Waals surface area contributed by atoms with Gasteiger partial charge >= 0.3 is 0 Å². The molecule has 11 heteroatoms. The van der Waals surface area contributed by atoms with Crippen LogP contribution in [-0.2, 0) is 14.8 Å². The first-order chi connectivity index (χ1) is 15.6. The van der Waals surface area contributed by atoms with Crippen LogP contribution in [0.25, 0.3) is 0 Å². The van der Waals surface area contributed by atoms with E-state index in [2.05, 4.69) is 14.8 Å². The molecule has 0 aliphatic carbocycles. The standard InChI is InChI=1S/C21H27N5O5S/c27-32(28,17-2-3-18-19(16-17)31-13-1-12-30-18)26-8-6-24(7-9-26)20-4-5-22-21(23-20)25-10-14-29-15-11-25/h2-5,16H,1,6-15H2. The van der Waals surface area contributed by atoms with Crippen molar-refractivity contribution >= 4 is 21.8 Å². The molecule has 0 unspecified atom stereocenters. The fourth-order valence-corrected chi connectivity index (χ4v) is 5.48.